The van der Waals surface area contributed by atoms with E-state index in [1.54, 1.807) is 0 Å². The Labute approximate surface area is 149 Å². The van der Waals surface area contributed by atoms with Crippen molar-refractivity contribution in [3.63, 3.8) is 0 Å². The van der Waals surface area contributed by atoms with Gasteiger partial charge in [-0.2, -0.15) is 0 Å². The third-order valence-electron chi connectivity index (χ3n) is 3.78. The minimum Gasteiger partial charge on any atom is -0.396 e. The number of hydrogen-bond donors (Lipinski definition) is 1. The number of aliphatic hydroxyl groups excluding tert-OH is 1. The van der Waals surface area contributed by atoms with Crippen LogP contribution in [0.15, 0.2) is 0 Å². The van der Waals surface area contributed by atoms with E-state index in [0.717, 1.165) is 25.7 Å². The Morgan fingerprint density at radius 2 is 0.917 bits per heavy atom. The average Bonchev–Trinajstić information content (AvgIpc) is 2.56. The predicted molar refractivity (Wildman–Crippen MR) is 93.2 cm³/mol. The first kappa shape index (κ1) is 22.9. The first-order valence-corrected chi connectivity index (χ1v) is 9.26. The Balaban J connectivity index is 3.65. The molecule has 0 aliphatic rings. The van der Waals surface area contributed by atoms with Gasteiger partial charge in [-0.05, 0) is 12.8 Å². The molecule has 0 aromatic heterocycles. The number of hydrogen-bond acceptors (Lipinski definition) is 5. The Morgan fingerprint density at radius 1 is 0.542 bits per heavy atom. The molecule has 0 aromatic rings. The molecule has 5 nitrogen and oxygen atoms in total. The van der Waals surface area contributed by atoms with Crippen molar-refractivity contribution >= 4 is 34.7 Å². The Hall–Kier alpha value is -1.07. The summed E-state index contributed by atoms with van der Waals surface area (Å²) >= 11 is 5.57. The van der Waals surface area contributed by atoms with E-state index in [4.69, 9.17) is 16.7 Å². The van der Waals surface area contributed by atoms with Gasteiger partial charge in [0.2, 0.25) is 0 Å². The summed E-state index contributed by atoms with van der Waals surface area (Å²) < 4.78 is 0. The highest BCUT2D eigenvalue weighted by Gasteiger charge is 2.11. The van der Waals surface area contributed by atoms with Crippen LogP contribution in [0.5, 0.6) is 0 Å². The number of unbranched alkanes of at least 4 members (excludes halogenated alkanes) is 3. The van der Waals surface area contributed by atoms with E-state index in [1.165, 1.54) is 0 Å². The second-order valence-electron chi connectivity index (χ2n) is 5.98. The highest BCUT2D eigenvalue weighted by molar-refractivity contribution is 6.17. The summed E-state index contributed by atoms with van der Waals surface area (Å²) in [5, 5.41) is 8.59. The molecule has 0 bridgehead atoms. The molecule has 1 N–H and O–H groups in total. The molecule has 138 valence electrons. The maximum absolute atomic E-state index is 11.7. The van der Waals surface area contributed by atoms with E-state index < -0.39 is 0 Å². The fourth-order valence-electron chi connectivity index (χ4n) is 2.23. The van der Waals surface area contributed by atoms with Gasteiger partial charge in [0.05, 0.1) is 0 Å². The van der Waals surface area contributed by atoms with E-state index in [9.17, 15) is 19.2 Å². The number of carbonyl (C=O) groups is 4. The lowest BCUT2D eigenvalue weighted by atomic mass is 10.0. The van der Waals surface area contributed by atoms with Crippen LogP contribution < -0.4 is 0 Å². The molecule has 0 radical (unpaired) electrons. The molecule has 0 heterocycles. The molecule has 0 aliphatic heterocycles. The van der Waals surface area contributed by atoms with Crippen molar-refractivity contribution in [3.8, 4) is 0 Å². The quantitative estimate of drug-likeness (QED) is 0.318. The molecule has 0 fully saturated rings. The highest BCUT2D eigenvalue weighted by Crippen LogP contribution is 2.09. The molecule has 0 saturated carbocycles. The van der Waals surface area contributed by atoms with Gasteiger partial charge in [0.15, 0.2) is 0 Å². The van der Waals surface area contributed by atoms with Crippen LogP contribution >= 0.6 is 11.6 Å². The Kier molecular flexibility index (Phi) is 14.8. The second-order valence-corrected chi connectivity index (χ2v) is 6.36. The molecule has 0 rings (SSSR count). The largest absolute Gasteiger partial charge is 0.396 e. The number of alkyl halides is 1. The molecule has 0 unspecified atom stereocenters. The van der Waals surface area contributed by atoms with Gasteiger partial charge >= 0.3 is 0 Å². The smallest absolute Gasteiger partial charge is 0.135 e. The fraction of sp³-hybridized carbons (Fsp3) is 0.778. The lowest BCUT2D eigenvalue weighted by molar-refractivity contribution is -0.127. The zero-order valence-electron chi connectivity index (χ0n) is 14.4. The third-order valence-corrected chi connectivity index (χ3v) is 4.05. The Morgan fingerprint density at radius 3 is 1.33 bits per heavy atom. The van der Waals surface area contributed by atoms with E-state index >= 15 is 0 Å². The van der Waals surface area contributed by atoms with E-state index in [-0.39, 0.29) is 74.7 Å². The van der Waals surface area contributed by atoms with Crippen LogP contribution in [0.25, 0.3) is 0 Å². The van der Waals surface area contributed by atoms with Crippen LogP contribution in [-0.4, -0.2) is 40.7 Å². The predicted octanol–water partition coefficient (Wildman–Crippen LogP) is 3.18. The van der Waals surface area contributed by atoms with Crippen molar-refractivity contribution in [2.45, 2.75) is 77.0 Å². The van der Waals surface area contributed by atoms with Gasteiger partial charge in [0.25, 0.3) is 0 Å². The van der Waals surface area contributed by atoms with Crippen LogP contribution in [0.1, 0.15) is 77.0 Å². The zero-order chi connectivity index (χ0) is 18.2. The van der Waals surface area contributed by atoms with Gasteiger partial charge in [-0.1, -0.05) is 12.8 Å². The number of carbonyl (C=O) groups excluding carboxylic acids is 4. The fourth-order valence-corrected chi connectivity index (χ4v) is 2.42. The van der Waals surface area contributed by atoms with Crippen molar-refractivity contribution in [2.75, 3.05) is 12.5 Å². The third kappa shape index (κ3) is 14.5. The molecule has 24 heavy (non-hydrogen) atoms. The average molecular weight is 361 g/mol. The number of aliphatic hydroxyl groups is 1. The molecule has 0 amide bonds. The molecule has 0 aliphatic carbocycles. The standard InChI is InChI=1S/C18H29ClO5/c19-13-4-2-1-3-5-15(21)6-7-16(22)8-9-17(23)10-11-18(24)12-14-20/h20H,1-14H2. The van der Waals surface area contributed by atoms with Gasteiger partial charge in [-0.25, -0.2) is 0 Å². The topological polar surface area (TPSA) is 88.5 Å². The molecule has 0 atom stereocenters. The maximum Gasteiger partial charge on any atom is 0.135 e. The first-order valence-electron chi connectivity index (χ1n) is 8.73. The maximum atomic E-state index is 11.7. The molecule has 0 aromatic carbocycles. The molecule has 0 saturated heterocycles. The summed E-state index contributed by atoms with van der Waals surface area (Å²) in [6.07, 6.45) is 5.32. The van der Waals surface area contributed by atoms with Gasteiger partial charge in [0.1, 0.15) is 23.1 Å². The van der Waals surface area contributed by atoms with Gasteiger partial charge in [-0.3, -0.25) is 19.2 Å². The number of halogens is 1. The van der Waals surface area contributed by atoms with Gasteiger partial charge in [-0.15, -0.1) is 11.6 Å². The summed E-state index contributed by atoms with van der Waals surface area (Å²) in [7, 11) is 0. The monoisotopic (exact) mass is 360 g/mol. The van der Waals surface area contributed by atoms with Crippen LogP contribution in [0.3, 0.4) is 0 Å². The van der Waals surface area contributed by atoms with Crippen LogP contribution in [0.2, 0.25) is 0 Å². The first-order chi connectivity index (χ1) is 11.5. The van der Waals surface area contributed by atoms with Crippen molar-refractivity contribution < 1.29 is 24.3 Å². The summed E-state index contributed by atoms with van der Waals surface area (Å²) in [5.41, 5.74) is 0. The number of rotatable bonds is 17. The molecular formula is C18H29ClO5. The van der Waals surface area contributed by atoms with Crippen molar-refractivity contribution in [1.29, 1.82) is 0 Å². The molecule has 6 heteroatoms. The minimum atomic E-state index is -0.202. The van der Waals surface area contributed by atoms with Gasteiger partial charge < -0.3 is 5.11 Å². The van der Waals surface area contributed by atoms with Crippen molar-refractivity contribution in [3.05, 3.63) is 0 Å². The van der Waals surface area contributed by atoms with Crippen LogP contribution in [-0.2, 0) is 19.2 Å². The van der Waals surface area contributed by atoms with Crippen LogP contribution in [0.4, 0.5) is 0 Å². The molecular weight excluding hydrogens is 332 g/mol. The number of ketones is 4. The zero-order valence-corrected chi connectivity index (χ0v) is 15.1. The Bertz CT molecular complexity index is 406. The van der Waals surface area contributed by atoms with Crippen molar-refractivity contribution in [2.24, 2.45) is 0 Å². The van der Waals surface area contributed by atoms with Crippen LogP contribution in [0, 0.1) is 0 Å². The summed E-state index contributed by atoms with van der Waals surface area (Å²) in [4.78, 5) is 46.1. The van der Waals surface area contributed by atoms with E-state index in [1.807, 2.05) is 0 Å². The summed E-state index contributed by atoms with van der Waals surface area (Å²) in [6.45, 7) is -0.202. The summed E-state index contributed by atoms with van der Waals surface area (Å²) in [5.74, 6) is 0.390. The lowest BCUT2D eigenvalue weighted by Gasteiger charge is -2.02. The normalized spacial score (nSPS) is 10.6. The highest BCUT2D eigenvalue weighted by atomic mass is 35.5. The molecule has 0 spiro atoms. The number of Topliss-reactive ketones (excluding diaryl/α,β-unsaturated/α-hetero) is 4. The lowest BCUT2D eigenvalue weighted by Crippen LogP contribution is -2.09. The summed E-state index contributed by atoms with van der Waals surface area (Å²) in [6, 6.07) is 0. The van der Waals surface area contributed by atoms with E-state index in [2.05, 4.69) is 0 Å². The SMILES string of the molecule is O=C(CCO)CCC(=O)CCC(=O)CCC(=O)CCCCCCCl. The van der Waals surface area contributed by atoms with E-state index in [0.29, 0.717) is 12.3 Å². The minimum absolute atomic E-state index is 0.0696. The van der Waals surface area contributed by atoms with Crippen molar-refractivity contribution in [1.82, 2.24) is 0 Å². The van der Waals surface area contributed by atoms with Gasteiger partial charge in [0, 0.05) is 63.9 Å². The second kappa shape index (κ2) is 15.5.